The monoisotopic (exact) mass is 261 g/mol. The lowest BCUT2D eigenvalue weighted by atomic mass is 9.78. The van der Waals surface area contributed by atoms with Crippen LogP contribution in [0.5, 0.6) is 0 Å². The molecule has 2 saturated heterocycles. The minimum Gasteiger partial charge on any atom is -0.355 e. The fourth-order valence-corrected chi connectivity index (χ4v) is 2.98. The molecule has 2 heterocycles. The van der Waals surface area contributed by atoms with Crippen LogP contribution in [0.4, 0.5) is 0 Å². The van der Waals surface area contributed by atoms with Gasteiger partial charge in [-0.1, -0.05) is 0 Å². The highest BCUT2D eigenvalue weighted by Crippen LogP contribution is 2.38. The first-order chi connectivity index (χ1) is 7.74. The van der Waals surface area contributed by atoms with E-state index < -0.39 is 0 Å². The third-order valence-corrected chi connectivity index (χ3v) is 3.92. The zero-order valence-electron chi connectivity index (χ0n) is 10.6. The largest absolute Gasteiger partial charge is 0.355 e. The number of piperidine rings is 1. The molecule has 0 aromatic rings. The van der Waals surface area contributed by atoms with Gasteiger partial charge in [0.15, 0.2) is 0 Å². The minimum atomic E-state index is 0. The van der Waals surface area contributed by atoms with E-state index in [1.807, 2.05) is 6.92 Å². The molecule has 0 unspecified atom stereocenters. The summed E-state index contributed by atoms with van der Waals surface area (Å²) in [4.78, 5) is 13.8. The highest BCUT2D eigenvalue weighted by molar-refractivity contribution is 5.85. The Kier molecular flexibility index (Phi) is 5.70. The molecule has 2 aliphatic heterocycles. The van der Waals surface area contributed by atoms with Gasteiger partial charge in [0.1, 0.15) is 0 Å². The second-order valence-corrected chi connectivity index (χ2v) is 5.16. The molecule has 5 heteroatoms. The second kappa shape index (κ2) is 6.57. The summed E-state index contributed by atoms with van der Waals surface area (Å²) in [6.07, 6.45) is 3.83. The summed E-state index contributed by atoms with van der Waals surface area (Å²) in [6, 6.07) is 0. The molecule has 0 aliphatic carbocycles. The van der Waals surface area contributed by atoms with Crippen LogP contribution in [0, 0.1) is 5.41 Å². The average molecular weight is 262 g/mol. The lowest BCUT2D eigenvalue weighted by Gasteiger charge is -2.33. The zero-order valence-corrected chi connectivity index (χ0v) is 11.4. The summed E-state index contributed by atoms with van der Waals surface area (Å²) in [5, 5.41) is 6.28. The van der Waals surface area contributed by atoms with Crippen LogP contribution in [0.3, 0.4) is 0 Å². The second-order valence-electron chi connectivity index (χ2n) is 5.16. The van der Waals surface area contributed by atoms with Crippen LogP contribution in [0.1, 0.15) is 26.2 Å². The zero-order chi connectivity index (χ0) is 11.4. The number of hydrogen-bond acceptors (Lipinski definition) is 3. The Labute approximate surface area is 110 Å². The molecular weight excluding hydrogens is 238 g/mol. The molecule has 2 rings (SSSR count). The fraction of sp³-hybridized carbons (Fsp3) is 0.917. The topological polar surface area (TPSA) is 44.4 Å². The SMILES string of the molecule is CCNC(=O)CN1CCC2(CCNCC2)C1.Cl. The summed E-state index contributed by atoms with van der Waals surface area (Å²) in [7, 11) is 0. The number of rotatable bonds is 3. The molecule has 100 valence electrons. The normalized spacial score (nSPS) is 23.4. The van der Waals surface area contributed by atoms with Crippen molar-refractivity contribution < 1.29 is 4.79 Å². The van der Waals surface area contributed by atoms with Crippen LogP contribution in [-0.2, 0) is 4.79 Å². The number of amides is 1. The van der Waals surface area contributed by atoms with Crippen molar-refractivity contribution in [2.24, 2.45) is 5.41 Å². The van der Waals surface area contributed by atoms with Crippen LogP contribution in [0.2, 0.25) is 0 Å². The van der Waals surface area contributed by atoms with Crippen molar-refractivity contribution in [1.82, 2.24) is 15.5 Å². The van der Waals surface area contributed by atoms with Gasteiger partial charge >= 0.3 is 0 Å². The third-order valence-electron chi connectivity index (χ3n) is 3.92. The van der Waals surface area contributed by atoms with Gasteiger partial charge in [-0.15, -0.1) is 12.4 Å². The number of hydrogen-bond donors (Lipinski definition) is 2. The molecule has 2 aliphatic rings. The van der Waals surface area contributed by atoms with Gasteiger partial charge in [-0.2, -0.15) is 0 Å². The van der Waals surface area contributed by atoms with Crippen molar-refractivity contribution in [2.45, 2.75) is 26.2 Å². The number of carbonyl (C=O) groups excluding carboxylic acids is 1. The average Bonchev–Trinajstić information content (AvgIpc) is 2.63. The van der Waals surface area contributed by atoms with Gasteiger partial charge in [-0.25, -0.2) is 0 Å². The van der Waals surface area contributed by atoms with E-state index in [1.54, 1.807) is 0 Å². The molecule has 0 radical (unpaired) electrons. The third kappa shape index (κ3) is 3.83. The molecule has 1 spiro atoms. The van der Waals surface area contributed by atoms with Crippen molar-refractivity contribution in [2.75, 3.05) is 39.3 Å². The van der Waals surface area contributed by atoms with Crippen LogP contribution in [0.25, 0.3) is 0 Å². The van der Waals surface area contributed by atoms with E-state index in [9.17, 15) is 4.79 Å². The Morgan fingerprint density at radius 2 is 2.06 bits per heavy atom. The number of likely N-dealkylation sites (tertiary alicyclic amines) is 1. The minimum absolute atomic E-state index is 0. The van der Waals surface area contributed by atoms with Gasteiger partial charge in [-0.05, 0) is 51.2 Å². The Hall–Kier alpha value is -0.320. The molecular formula is C12H24ClN3O. The number of carbonyl (C=O) groups is 1. The standard InChI is InChI=1S/C12H23N3O.ClH/c1-2-14-11(16)9-15-8-5-12(10-15)3-6-13-7-4-12;/h13H,2-10H2,1H3,(H,14,16);1H. The number of halogens is 1. The lowest BCUT2D eigenvalue weighted by molar-refractivity contribution is -0.122. The van der Waals surface area contributed by atoms with Gasteiger partial charge in [0.25, 0.3) is 0 Å². The Morgan fingerprint density at radius 1 is 1.35 bits per heavy atom. The summed E-state index contributed by atoms with van der Waals surface area (Å²) < 4.78 is 0. The fourth-order valence-electron chi connectivity index (χ4n) is 2.98. The van der Waals surface area contributed by atoms with E-state index in [-0.39, 0.29) is 18.3 Å². The number of likely N-dealkylation sites (N-methyl/N-ethyl adjacent to an activating group) is 1. The van der Waals surface area contributed by atoms with E-state index >= 15 is 0 Å². The first-order valence-corrected chi connectivity index (χ1v) is 6.44. The van der Waals surface area contributed by atoms with E-state index in [1.165, 1.54) is 19.3 Å². The molecule has 0 aromatic carbocycles. The Balaban J connectivity index is 0.00000144. The predicted molar refractivity (Wildman–Crippen MR) is 71.5 cm³/mol. The van der Waals surface area contributed by atoms with E-state index in [0.29, 0.717) is 12.0 Å². The van der Waals surface area contributed by atoms with Gasteiger partial charge in [0.2, 0.25) is 5.91 Å². The van der Waals surface area contributed by atoms with E-state index in [4.69, 9.17) is 0 Å². The molecule has 0 atom stereocenters. The highest BCUT2D eigenvalue weighted by Gasteiger charge is 2.38. The van der Waals surface area contributed by atoms with Crippen molar-refractivity contribution >= 4 is 18.3 Å². The van der Waals surface area contributed by atoms with Crippen LogP contribution < -0.4 is 10.6 Å². The maximum Gasteiger partial charge on any atom is 0.234 e. The lowest BCUT2D eigenvalue weighted by Crippen LogP contribution is -2.41. The summed E-state index contributed by atoms with van der Waals surface area (Å²) >= 11 is 0. The van der Waals surface area contributed by atoms with Crippen LogP contribution >= 0.6 is 12.4 Å². The van der Waals surface area contributed by atoms with Gasteiger partial charge < -0.3 is 10.6 Å². The van der Waals surface area contributed by atoms with Crippen molar-refractivity contribution in [3.05, 3.63) is 0 Å². The molecule has 2 N–H and O–H groups in total. The summed E-state index contributed by atoms with van der Waals surface area (Å²) in [5.74, 6) is 0.175. The first kappa shape index (κ1) is 14.7. The smallest absolute Gasteiger partial charge is 0.234 e. The first-order valence-electron chi connectivity index (χ1n) is 6.44. The van der Waals surface area contributed by atoms with Crippen molar-refractivity contribution in [3.8, 4) is 0 Å². The van der Waals surface area contributed by atoms with Gasteiger partial charge in [0, 0.05) is 13.1 Å². The summed E-state index contributed by atoms with van der Waals surface area (Å²) in [5.41, 5.74) is 0.512. The van der Waals surface area contributed by atoms with Crippen LogP contribution in [0.15, 0.2) is 0 Å². The molecule has 17 heavy (non-hydrogen) atoms. The Morgan fingerprint density at radius 3 is 2.71 bits per heavy atom. The molecule has 0 saturated carbocycles. The van der Waals surface area contributed by atoms with E-state index in [0.717, 1.165) is 32.7 Å². The number of nitrogens with one attached hydrogen (secondary N) is 2. The number of nitrogens with zero attached hydrogens (tertiary/aromatic N) is 1. The quantitative estimate of drug-likeness (QED) is 0.783. The molecule has 1 amide bonds. The molecule has 2 fully saturated rings. The van der Waals surface area contributed by atoms with Crippen molar-refractivity contribution in [1.29, 1.82) is 0 Å². The Bertz CT molecular complexity index is 254. The maximum absolute atomic E-state index is 11.5. The summed E-state index contributed by atoms with van der Waals surface area (Å²) in [6.45, 7) is 7.80. The van der Waals surface area contributed by atoms with Crippen molar-refractivity contribution in [3.63, 3.8) is 0 Å². The molecule has 0 bridgehead atoms. The molecule has 4 nitrogen and oxygen atoms in total. The maximum atomic E-state index is 11.5. The van der Waals surface area contributed by atoms with E-state index in [2.05, 4.69) is 15.5 Å². The van der Waals surface area contributed by atoms with Crippen LogP contribution in [-0.4, -0.2) is 50.1 Å². The highest BCUT2D eigenvalue weighted by atomic mass is 35.5. The van der Waals surface area contributed by atoms with Gasteiger partial charge in [0.05, 0.1) is 6.54 Å². The molecule has 0 aromatic heterocycles. The predicted octanol–water partition coefficient (Wildman–Crippen LogP) is 0.620. The van der Waals surface area contributed by atoms with Gasteiger partial charge in [-0.3, -0.25) is 9.69 Å².